The fourth-order valence-electron chi connectivity index (χ4n) is 3.32. The molecule has 2 amide bonds. The summed E-state index contributed by atoms with van der Waals surface area (Å²) in [5.41, 5.74) is 4.54. The Morgan fingerprint density at radius 3 is 2.21 bits per heavy atom. The molecule has 24 heavy (non-hydrogen) atoms. The fraction of sp³-hybridized carbons (Fsp3) is 0.381. The van der Waals surface area contributed by atoms with E-state index in [2.05, 4.69) is 36.5 Å². The van der Waals surface area contributed by atoms with Crippen molar-refractivity contribution in [3.8, 4) is 0 Å². The van der Waals surface area contributed by atoms with E-state index in [0.717, 1.165) is 25.1 Å². The van der Waals surface area contributed by atoms with E-state index in [-0.39, 0.29) is 12.1 Å². The van der Waals surface area contributed by atoms with E-state index in [9.17, 15) is 4.79 Å². The van der Waals surface area contributed by atoms with Crippen LogP contribution in [0.1, 0.15) is 48.4 Å². The number of nitrogens with zero attached hydrogens (tertiary/aromatic N) is 1. The van der Waals surface area contributed by atoms with Crippen molar-refractivity contribution in [2.24, 2.45) is 0 Å². The first kappa shape index (κ1) is 16.6. The van der Waals surface area contributed by atoms with Gasteiger partial charge in [-0.05, 0) is 44.4 Å². The summed E-state index contributed by atoms with van der Waals surface area (Å²) in [5.74, 6) is 0. The lowest BCUT2D eigenvalue weighted by Gasteiger charge is -2.30. The van der Waals surface area contributed by atoms with Crippen molar-refractivity contribution in [2.45, 2.75) is 45.6 Å². The van der Waals surface area contributed by atoms with Crippen LogP contribution in [0.5, 0.6) is 0 Å². The lowest BCUT2D eigenvalue weighted by molar-refractivity contribution is 0.189. The third-order valence-electron chi connectivity index (χ3n) is 4.78. The second-order valence-corrected chi connectivity index (χ2v) is 6.77. The topological polar surface area (TPSA) is 32.3 Å². The number of rotatable bonds is 2. The number of urea groups is 1. The van der Waals surface area contributed by atoms with E-state index in [4.69, 9.17) is 0 Å². The molecular formula is C21H26N2O. The maximum Gasteiger partial charge on any atom is 0.322 e. The summed E-state index contributed by atoms with van der Waals surface area (Å²) in [4.78, 5) is 14.9. The Kier molecular flexibility index (Phi) is 5.19. The Morgan fingerprint density at radius 1 is 0.917 bits per heavy atom. The van der Waals surface area contributed by atoms with E-state index in [0.29, 0.717) is 0 Å². The van der Waals surface area contributed by atoms with Crippen LogP contribution in [0.4, 0.5) is 10.5 Å². The number of anilines is 1. The summed E-state index contributed by atoms with van der Waals surface area (Å²) in [6.07, 6.45) is 4.47. The first-order chi connectivity index (χ1) is 11.6. The zero-order valence-electron chi connectivity index (χ0n) is 14.6. The molecule has 0 unspecified atom stereocenters. The number of amides is 2. The molecule has 0 aliphatic carbocycles. The predicted molar refractivity (Wildman–Crippen MR) is 99.3 cm³/mol. The van der Waals surface area contributed by atoms with Gasteiger partial charge in [-0.2, -0.15) is 0 Å². The summed E-state index contributed by atoms with van der Waals surface area (Å²) in [7, 11) is 0. The van der Waals surface area contributed by atoms with E-state index < -0.39 is 0 Å². The molecule has 1 fully saturated rings. The molecule has 0 aromatic heterocycles. The molecule has 1 aliphatic rings. The molecule has 1 atom stereocenters. The van der Waals surface area contributed by atoms with Gasteiger partial charge in [0.15, 0.2) is 0 Å². The van der Waals surface area contributed by atoms with Gasteiger partial charge < -0.3 is 10.2 Å². The van der Waals surface area contributed by atoms with Gasteiger partial charge in [-0.25, -0.2) is 4.79 Å². The lowest BCUT2D eigenvalue weighted by Crippen LogP contribution is -2.38. The van der Waals surface area contributed by atoms with E-state index in [1.165, 1.54) is 29.5 Å². The smallest absolute Gasteiger partial charge is 0.317 e. The molecular weight excluding hydrogens is 296 g/mol. The molecule has 0 bridgehead atoms. The van der Waals surface area contributed by atoms with Gasteiger partial charge in [0.1, 0.15) is 0 Å². The molecule has 1 saturated heterocycles. The molecule has 2 aromatic carbocycles. The average Bonchev–Trinajstić information content (AvgIpc) is 2.84. The second-order valence-electron chi connectivity index (χ2n) is 6.77. The summed E-state index contributed by atoms with van der Waals surface area (Å²) in [6, 6.07) is 16.7. The zero-order chi connectivity index (χ0) is 16.9. The van der Waals surface area contributed by atoms with Gasteiger partial charge in [0, 0.05) is 12.2 Å². The Balaban J connectivity index is 1.79. The molecule has 1 aliphatic heterocycles. The maximum atomic E-state index is 12.9. The van der Waals surface area contributed by atoms with Gasteiger partial charge in [-0.1, -0.05) is 60.4 Å². The summed E-state index contributed by atoms with van der Waals surface area (Å²) in [5, 5.41) is 3.06. The molecule has 3 nitrogen and oxygen atoms in total. The highest BCUT2D eigenvalue weighted by molar-refractivity contribution is 5.89. The standard InChI is InChI=1S/C21H26N2O/c1-16-7-11-18(12-8-16)20-6-4-3-5-15-23(20)21(24)22-19-13-9-17(2)10-14-19/h7-14,20H,3-6,15H2,1-2H3,(H,22,24)/t20-/m1/s1. The highest BCUT2D eigenvalue weighted by atomic mass is 16.2. The SMILES string of the molecule is Cc1ccc(NC(=O)N2CCCCC[C@@H]2c2ccc(C)cc2)cc1. The molecule has 2 aromatic rings. The van der Waals surface area contributed by atoms with Crippen LogP contribution in [0.15, 0.2) is 48.5 Å². The Bertz CT molecular complexity index is 676. The highest BCUT2D eigenvalue weighted by Crippen LogP contribution is 2.31. The Morgan fingerprint density at radius 2 is 1.54 bits per heavy atom. The van der Waals surface area contributed by atoms with Gasteiger partial charge in [-0.15, -0.1) is 0 Å². The van der Waals surface area contributed by atoms with Crippen molar-refractivity contribution in [1.29, 1.82) is 0 Å². The van der Waals surface area contributed by atoms with E-state index in [1.807, 2.05) is 36.1 Å². The van der Waals surface area contributed by atoms with E-state index in [1.54, 1.807) is 0 Å². The van der Waals surface area contributed by atoms with Crippen LogP contribution in [0.3, 0.4) is 0 Å². The van der Waals surface area contributed by atoms with Crippen molar-refractivity contribution in [2.75, 3.05) is 11.9 Å². The molecule has 3 rings (SSSR count). The molecule has 0 spiro atoms. The van der Waals surface area contributed by atoms with Crippen molar-refractivity contribution in [3.63, 3.8) is 0 Å². The Hall–Kier alpha value is -2.29. The number of likely N-dealkylation sites (tertiary alicyclic amines) is 1. The van der Waals surface area contributed by atoms with Gasteiger partial charge in [0.05, 0.1) is 6.04 Å². The average molecular weight is 322 g/mol. The van der Waals surface area contributed by atoms with Crippen LogP contribution in [0.2, 0.25) is 0 Å². The normalized spacial score (nSPS) is 18.1. The summed E-state index contributed by atoms with van der Waals surface area (Å²) < 4.78 is 0. The number of aryl methyl sites for hydroxylation is 2. The lowest BCUT2D eigenvalue weighted by atomic mass is 10.00. The van der Waals surface area contributed by atoms with Crippen LogP contribution in [-0.2, 0) is 0 Å². The first-order valence-corrected chi connectivity index (χ1v) is 8.84. The molecule has 0 radical (unpaired) electrons. The van der Waals surface area contributed by atoms with Gasteiger partial charge in [-0.3, -0.25) is 0 Å². The van der Waals surface area contributed by atoms with Crippen molar-refractivity contribution in [1.82, 2.24) is 4.90 Å². The number of nitrogens with one attached hydrogen (secondary N) is 1. The van der Waals surface area contributed by atoms with Gasteiger partial charge >= 0.3 is 6.03 Å². The number of carbonyl (C=O) groups is 1. The third kappa shape index (κ3) is 3.97. The van der Waals surface area contributed by atoms with Crippen LogP contribution in [-0.4, -0.2) is 17.5 Å². The van der Waals surface area contributed by atoms with Crippen LogP contribution in [0.25, 0.3) is 0 Å². The molecule has 3 heteroatoms. The number of benzene rings is 2. The van der Waals surface area contributed by atoms with Crippen LogP contribution >= 0.6 is 0 Å². The largest absolute Gasteiger partial charge is 0.322 e. The minimum Gasteiger partial charge on any atom is -0.317 e. The van der Waals surface area contributed by atoms with Crippen LogP contribution in [0, 0.1) is 13.8 Å². The second kappa shape index (κ2) is 7.52. The first-order valence-electron chi connectivity index (χ1n) is 8.84. The van der Waals surface area contributed by atoms with Crippen molar-refractivity contribution < 1.29 is 4.79 Å². The zero-order valence-corrected chi connectivity index (χ0v) is 14.6. The fourth-order valence-corrected chi connectivity index (χ4v) is 3.32. The molecule has 126 valence electrons. The van der Waals surface area contributed by atoms with Gasteiger partial charge in [0.25, 0.3) is 0 Å². The predicted octanol–water partition coefficient (Wildman–Crippen LogP) is 5.45. The minimum absolute atomic E-state index is 0.00586. The third-order valence-corrected chi connectivity index (χ3v) is 4.78. The number of carbonyl (C=O) groups excluding carboxylic acids is 1. The van der Waals surface area contributed by atoms with E-state index >= 15 is 0 Å². The van der Waals surface area contributed by atoms with Crippen molar-refractivity contribution in [3.05, 3.63) is 65.2 Å². The summed E-state index contributed by atoms with van der Waals surface area (Å²) in [6.45, 7) is 4.96. The maximum absolute atomic E-state index is 12.9. The van der Waals surface area contributed by atoms with Crippen LogP contribution < -0.4 is 5.32 Å². The Labute approximate surface area is 144 Å². The molecule has 1 N–H and O–H groups in total. The monoisotopic (exact) mass is 322 g/mol. The summed E-state index contributed by atoms with van der Waals surface area (Å²) >= 11 is 0. The number of hydrogen-bond donors (Lipinski definition) is 1. The molecule has 0 saturated carbocycles. The highest BCUT2D eigenvalue weighted by Gasteiger charge is 2.26. The molecule has 1 heterocycles. The minimum atomic E-state index is 0.00586. The number of hydrogen-bond acceptors (Lipinski definition) is 1. The van der Waals surface area contributed by atoms with Gasteiger partial charge in [0.2, 0.25) is 0 Å². The quantitative estimate of drug-likeness (QED) is 0.783. The van der Waals surface area contributed by atoms with Crippen molar-refractivity contribution >= 4 is 11.7 Å².